The Bertz CT molecular complexity index is 1410. The number of aryl methyl sites for hydroxylation is 4. The quantitative estimate of drug-likeness (QED) is 0.314. The van der Waals surface area contributed by atoms with Gasteiger partial charge in [0, 0.05) is 34.3 Å². The molecule has 1 amide bonds. The third kappa shape index (κ3) is 4.46. The van der Waals surface area contributed by atoms with E-state index < -0.39 is 0 Å². The number of amides is 1. The third-order valence-electron chi connectivity index (χ3n) is 6.03. The molecule has 0 unspecified atom stereocenters. The van der Waals surface area contributed by atoms with Gasteiger partial charge in [-0.2, -0.15) is 0 Å². The molecule has 34 heavy (non-hydrogen) atoms. The molecule has 174 valence electrons. The fourth-order valence-electron chi connectivity index (χ4n) is 4.31. The zero-order valence-corrected chi connectivity index (χ0v) is 20.6. The molecule has 0 fully saturated rings. The molecule has 2 aromatic heterocycles. The number of hydrogen-bond donors (Lipinski definition) is 1. The molecular weight excluding hydrogens is 424 g/mol. The fraction of sp³-hybridized carbons (Fsp3) is 0.241. The van der Waals surface area contributed by atoms with E-state index >= 15 is 0 Å². The van der Waals surface area contributed by atoms with Crippen LogP contribution < -0.4 is 10.1 Å². The number of hydrogen-bond acceptors (Lipinski definition) is 4. The summed E-state index contributed by atoms with van der Waals surface area (Å²) in [5, 5.41) is 3.87. The van der Waals surface area contributed by atoms with Crippen molar-refractivity contribution < 1.29 is 13.9 Å². The van der Waals surface area contributed by atoms with E-state index in [2.05, 4.69) is 48.4 Å². The van der Waals surface area contributed by atoms with E-state index in [9.17, 15) is 4.79 Å². The van der Waals surface area contributed by atoms with Crippen molar-refractivity contribution in [2.45, 2.75) is 41.5 Å². The highest BCUT2D eigenvalue weighted by molar-refractivity contribution is 6.06. The number of anilines is 1. The summed E-state index contributed by atoms with van der Waals surface area (Å²) in [6.07, 6.45) is 5.07. The standard InChI is InChI=1S/C29H30N2O3/c1-7-33-27-21(6)28-24(25(16-34-28)22-11-10-17(2)13-19(22)4)15-23(27)20(5)14-26(32)31-29-18(3)9-8-12-30-29/h8-16H,7H2,1-6H3,(H,30,31,32)/b20-14+. The Morgan fingerprint density at radius 1 is 1.09 bits per heavy atom. The zero-order chi connectivity index (χ0) is 24.4. The van der Waals surface area contributed by atoms with Crippen molar-refractivity contribution in [1.82, 2.24) is 4.98 Å². The summed E-state index contributed by atoms with van der Waals surface area (Å²) in [6, 6.07) is 12.2. The van der Waals surface area contributed by atoms with Gasteiger partial charge in [-0.05, 0) is 75.9 Å². The van der Waals surface area contributed by atoms with Crippen LogP contribution in [-0.2, 0) is 4.79 Å². The Labute approximate surface area is 200 Å². The average molecular weight is 455 g/mol. The van der Waals surface area contributed by atoms with Crippen molar-refractivity contribution in [1.29, 1.82) is 0 Å². The Kier molecular flexibility index (Phi) is 6.55. The minimum atomic E-state index is -0.235. The van der Waals surface area contributed by atoms with Crippen molar-refractivity contribution >= 4 is 28.3 Å². The van der Waals surface area contributed by atoms with Crippen molar-refractivity contribution in [2.75, 3.05) is 11.9 Å². The molecule has 0 radical (unpaired) electrons. The molecule has 1 N–H and O–H groups in total. The number of ether oxygens (including phenoxy) is 1. The summed E-state index contributed by atoms with van der Waals surface area (Å²) in [7, 11) is 0. The maximum Gasteiger partial charge on any atom is 0.249 e. The van der Waals surface area contributed by atoms with E-state index in [0.717, 1.165) is 50.1 Å². The van der Waals surface area contributed by atoms with Crippen LogP contribution in [0, 0.1) is 27.7 Å². The first-order valence-corrected chi connectivity index (χ1v) is 11.5. The normalized spacial score (nSPS) is 11.6. The van der Waals surface area contributed by atoms with Crippen LogP contribution in [0.5, 0.6) is 5.75 Å². The lowest BCUT2D eigenvalue weighted by Crippen LogP contribution is -2.11. The van der Waals surface area contributed by atoms with Crippen molar-refractivity contribution in [3.05, 3.63) is 82.8 Å². The summed E-state index contributed by atoms with van der Waals surface area (Å²) in [6.45, 7) is 12.5. The van der Waals surface area contributed by atoms with Crippen molar-refractivity contribution in [2.24, 2.45) is 0 Å². The van der Waals surface area contributed by atoms with Gasteiger partial charge < -0.3 is 14.5 Å². The number of nitrogens with one attached hydrogen (secondary N) is 1. The van der Waals surface area contributed by atoms with Crippen LogP contribution in [0.4, 0.5) is 5.82 Å². The number of aromatic nitrogens is 1. The molecule has 0 spiro atoms. The van der Waals surface area contributed by atoms with Crippen LogP contribution in [0.2, 0.25) is 0 Å². The molecule has 0 saturated carbocycles. The van der Waals surface area contributed by atoms with Gasteiger partial charge in [-0.3, -0.25) is 4.79 Å². The number of rotatable bonds is 6. The van der Waals surface area contributed by atoms with Gasteiger partial charge in [0.15, 0.2) is 0 Å². The van der Waals surface area contributed by atoms with E-state index in [0.29, 0.717) is 12.4 Å². The molecule has 0 aliphatic rings. The molecule has 0 aliphatic carbocycles. The molecule has 2 heterocycles. The monoisotopic (exact) mass is 454 g/mol. The van der Waals surface area contributed by atoms with Gasteiger partial charge in [0.25, 0.3) is 0 Å². The molecule has 0 aliphatic heterocycles. The number of benzene rings is 2. The first kappa shape index (κ1) is 23.3. The first-order valence-electron chi connectivity index (χ1n) is 11.5. The summed E-state index contributed by atoms with van der Waals surface area (Å²) < 4.78 is 12.1. The molecule has 0 atom stereocenters. The zero-order valence-electron chi connectivity index (χ0n) is 20.6. The Morgan fingerprint density at radius 3 is 2.59 bits per heavy atom. The van der Waals surface area contributed by atoms with Gasteiger partial charge in [-0.25, -0.2) is 4.98 Å². The summed E-state index contributed by atoms with van der Waals surface area (Å²) >= 11 is 0. The highest BCUT2D eigenvalue weighted by Gasteiger charge is 2.20. The van der Waals surface area contributed by atoms with Crippen LogP contribution in [0.15, 0.2) is 59.4 Å². The molecule has 5 nitrogen and oxygen atoms in total. The minimum absolute atomic E-state index is 0.235. The van der Waals surface area contributed by atoms with Gasteiger partial charge in [-0.1, -0.05) is 29.8 Å². The Hall–Kier alpha value is -3.86. The second kappa shape index (κ2) is 9.56. The fourth-order valence-corrected chi connectivity index (χ4v) is 4.31. The predicted molar refractivity (Wildman–Crippen MR) is 138 cm³/mol. The third-order valence-corrected chi connectivity index (χ3v) is 6.03. The molecule has 4 rings (SSSR count). The van der Waals surface area contributed by atoms with Crippen LogP contribution in [0.25, 0.3) is 27.7 Å². The van der Waals surface area contributed by atoms with Crippen molar-refractivity contribution in [3.63, 3.8) is 0 Å². The van der Waals surface area contributed by atoms with E-state index in [1.807, 2.05) is 46.1 Å². The number of fused-ring (bicyclic) bond motifs is 1. The van der Waals surface area contributed by atoms with Gasteiger partial charge in [-0.15, -0.1) is 0 Å². The van der Waals surface area contributed by atoms with Crippen LogP contribution in [0.1, 0.15) is 41.7 Å². The lowest BCUT2D eigenvalue weighted by Gasteiger charge is -2.15. The molecule has 5 heteroatoms. The van der Waals surface area contributed by atoms with Crippen LogP contribution in [0.3, 0.4) is 0 Å². The summed E-state index contributed by atoms with van der Waals surface area (Å²) in [4.78, 5) is 17.0. The van der Waals surface area contributed by atoms with Gasteiger partial charge in [0.2, 0.25) is 5.91 Å². The first-order chi connectivity index (χ1) is 16.3. The summed E-state index contributed by atoms with van der Waals surface area (Å²) in [5.74, 6) is 1.05. The van der Waals surface area contributed by atoms with Crippen LogP contribution >= 0.6 is 0 Å². The molecular formula is C29H30N2O3. The minimum Gasteiger partial charge on any atom is -0.493 e. The van der Waals surface area contributed by atoms with Gasteiger partial charge in [0.05, 0.1) is 12.9 Å². The largest absolute Gasteiger partial charge is 0.493 e. The van der Waals surface area contributed by atoms with E-state index in [1.165, 1.54) is 11.1 Å². The topological polar surface area (TPSA) is 64.4 Å². The lowest BCUT2D eigenvalue weighted by molar-refractivity contribution is -0.111. The average Bonchev–Trinajstić information content (AvgIpc) is 3.21. The Morgan fingerprint density at radius 2 is 1.88 bits per heavy atom. The number of allylic oxidation sites excluding steroid dienone is 1. The van der Waals surface area contributed by atoms with E-state index in [1.54, 1.807) is 12.3 Å². The van der Waals surface area contributed by atoms with Crippen molar-refractivity contribution in [3.8, 4) is 16.9 Å². The second-order valence-electron chi connectivity index (χ2n) is 8.64. The second-order valence-corrected chi connectivity index (χ2v) is 8.64. The smallest absolute Gasteiger partial charge is 0.249 e. The number of carbonyl (C=O) groups excluding carboxylic acids is 1. The number of carbonyl (C=O) groups is 1. The molecule has 2 aromatic carbocycles. The Balaban J connectivity index is 1.81. The molecule has 0 saturated heterocycles. The van der Waals surface area contributed by atoms with E-state index in [4.69, 9.17) is 9.15 Å². The van der Waals surface area contributed by atoms with Gasteiger partial charge >= 0.3 is 0 Å². The maximum absolute atomic E-state index is 12.8. The SMILES string of the molecule is CCOc1c(/C(C)=C/C(=O)Nc2ncccc2C)cc2c(-c3ccc(C)cc3C)coc2c1C. The summed E-state index contributed by atoms with van der Waals surface area (Å²) in [5.41, 5.74) is 8.85. The lowest BCUT2D eigenvalue weighted by atomic mass is 9.94. The number of nitrogens with zero attached hydrogens (tertiary/aromatic N) is 1. The molecule has 0 bridgehead atoms. The molecule has 4 aromatic rings. The highest BCUT2D eigenvalue weighted by Crippen LogP contribution is 2.41. The number of furan rings is 1. The van der Waals surface area contributed by atoms with Gasteiger partial charge in [0.1, 0.15) is 17.2 Å². The maximum atomic E-state index is 12.8. The van der Waals surface area contributed by atoms with E-state index in [-0.39, 0.29) is 5.91 Å². The van der Waals surface area contributed by atoms with Crippen LogP contribution in [-0.4, -0.2) is 17.5 Å². The number of pyridine rings is 1. The predicted octanol–water partition coefficient (Wildman–Crippen LogP) is 7.17. The highest BCUT2D eigenvalue weighted by atomic mass is 16.5.